The van der Waals surface area contributed by atoms with E-state index in [0.717, 1.165) is 0 Å². The molecule has 0 saturated carbocycles. The summed E-state index contributed by atoms with van der Waals surface area (Å²) in [6.07, 6.45) is 0. The van der Waals surface area contributed by atoms with Gasteiger partial charge < -0.3 is 5.48 Å². The van der Waals surface area contributed by atoms with Gasteiger partial charge in [0.25, 0.3) is 0 Å². The van der Waals surface area contributed by atoms with E-state index in [1.54, 1.807) is 0 Å². The topological polar surface area (TPSA) is 47.1 Å². The van der Waals surface area contributed by atoms with Gasteiger partial charge in [-0.25, -0.2) is 0 Å². The van der Waals surface area contributed by atoms with Crippen molar-refractivity contribution in [2.45, 2.75) is 0 Å². The summed E-state index contributed by atoms with van der Waals surface area (Å²) in [4.78, 5) is 0. The molecule has 0 radical (unpaired) electrons. The summed E-state index contributed by atoms with van der Waals surface area (Å²) in [7, 11) is 0. The van der Waals surface area contributed by atoms with Crippen molar-refractivity contribution in [1.29, 1.82) is 0 Å². The summed E-state index contributed by atoms with van der Waals surface area (Å²) >= 11 is -0.0833. The molecule has 0 amide bonds. The Balaban J connectivity index is -0.00000000500. The van der Waals surface area contributed by atoms with Gasteiger partial charge in [0, 0.05) is 0 Å². The summed E-state index contributed by atoms with van der Waals surface area (Å²) < 4.78 is 8.42. The third-order valence-electron chi connectivity index (χ3n) is 0. The maximum atomic E-state index is 8.42. The van der Waals surface area contributed by atoms with E-state index < -0.39 is 0 Å². The van der Waals surface area contributed by atoms with Gasteiger partial charge in [-0.15, -0.1) is 0 Å². The van der Waals surface area contributed by atoms with E-state index >= 15 is 0 Å². The van der Waals surface area contributed by atoms with Crippen LogP contribution in [-0.2, 0) is 1.70 Å². The van der Waals surface area contributed by atoms with Crippen molar-refractivity contribution in [3.63, 3.8) is 0 Å². The van der Waals surface area contributed by atoms with Crippen LogP contribution in [0.3, 0.4) is 0 Å². The van der Waals surface area contributed by atoms with Gasteiger partial charge in [-0.3, -0.25) is 0 Å². The van der Waals surface area contributed by atoms with E-state index in [9.17, 15) is 0 Å². The zero-order valence-electron chi connectivity index (χ0n) is 2.43. The van der Waals surface area contributed by atoms with Crippen LogP contribution in [-0.4, -0.2) is 28.5 Å². The minimum atomic E-state index is -0.0833. The van der Waals surface area contributed by atoms with Crippen molar-refractivity contribution in [3.8, 4) is 0 Å². The first-order valence-electron chi connectivity index (χ1n) is 0.236. The molecule has 0 aromatic carbocycles. The molecule has 4 heavy (non-hydrogen) atoms. The minimum absolute atomic E-state index is 0. The quantitative estimate of drug-likeness (QED) is 0.470. The van der Waals surface area contributed by atoms with Crippen LogP contribution in [0.5, 0.6) is 0 Å². The van der Waals surface area contributed by atoms with Crippen molar-refractivity contribution < 1.29 is 41.0 Å². The van der Waals surface area contributed by atoms with Gasteiger partial charge in [0.15, 0.2) is 0 Å². The van der Waals surface area contributed by atoms with Gasteiger partial charge in [-0.1, -0.05) is 0 Å². The first kappa shape index (κ1) is 17.2. The standard InChI is InChI=1S/La.Mg.H2O.O.H/h;;1H2;;/q;+1;;;/p-1. The summed E-state index contributed by atoms with van der Waals surface area (Å²) in [6, 6.07) is 0. The molecule has 0 aliphatic carbocycles. The van der Waals surface area contributed by atoms with Gasteiger partial charge in [0.2, 0.25) is 0 Å². The van der Waals surface area contributed by atoms with E-state index in [4.69, 9.17) is 1.70 Å². The summed E-state index contributed by atoms with van der Waals surface area (Å²) in [6.45, 7) is 0. The summed E-state index contributed by atoms with van der Waals surface area (Å²) in [5.41, 5.74) is 0. The molecule has 0 fully saturated rings. The van der Waals surface area contributed by atoms with Gasteiger partial charge in [0.05, 0.1) is 0 Å². The fourth-order valence-corrected chi connectivity index (χ4v) is 0. The molecule has 0 spiro atoms. The molecule has 0 aliphatic heterocycles. The van der Waals surface area contributed by atoms with Crippen LogP contribution in [0.4, 0.5) is 0 Å². The fraction of sp³-hybridized carbons (Fsp3) is 0. The SMILES string of the molecule is [MgH+].[OH-].[O]=[La]. The first-order chi connectivity index (χ1) is 1.00. The van der Waals surface area contributed by atoms with Crippen molar-refractivity contribution >= 4 is 23.1 Å². The van der Waals surface area contributed by atoms with Crippen molar-refractivity contribution in [1.82, 2.24) is 0 Å². The average Bonchev–Trinajstić information content (AvgIpc) is 1.00. The van der Waals surface area contributed by atoms with Crippen LogP contribution >= 0.6 is 0 Å². The van der Waals surface area contributed by atoms with Crippen molar-refractivity contribution in [2.24, 2.45) is 0 Å². The second-order valence-corrected chi connectivity index (χ2v) is 0. The Bertz CT molecular complexity index is 6.00. The molecule has 0 saturated heterocycles. The predicted molar refractivity (Wildman–Crippen MR) is 9.77 cm³/mol. The third kappa shape index (κ3) is 9.30. The second kappa shape index (κ2) is 22.1. The van der Waals surface area contributed by atoms with E-state index in [1.165, 1.54) is 0 Å². The van der Waals surface area contributed by atoms with E-state index in [-0.39, 0.29) is 62.3 Å². The Morgan fingerprint density at radius 1 is 1.25 bits per heavy atom. The molecule has 0 aromatic rings. The van der Waals surface area contributed by atoms with Gasteiger partial charge in [-0.05, 0) is 0 Å². The summed E-state index contributed by atoms with van der Waals surface area (Å²) in [5.74, 6) is 0. The molecule has 1 N–H and O–H groups in total. The molecule has 0 atom stereocenters. The van der Waals surface area contributed by atoms with E-state index in [1.807, 2.05) is 0 Å². The average molecular weight is 197 g/mol. The van der Waals surface area contributed by atoms with Gasteiger partial charge >= 0.3 is 58.6 Å². The zero-order valence-corrected chi connectivity index (χ0v) is 8.06. The first-order valence-corrected chi connectivity index (χ1v) is 1.72. The predicted octanol–water partition coefficient (Wildman–Crippen LogP) is -0.944. The zero-order chi connectivity index (χ0) is 2.00. The van der Waals surface area contributed by atoms with Gasteiger partial charge in [-0.2, -0.15) is 0 Å². The van der Waals surface area contributed by atoms with E-state index in [2.05, 4.69) is 0 Å². The van der Waals surface area contributed by atoms with Crippen LogP contribution < -0.4 is 0 Å². The molecule has 0 aromatic heterocycles. The Hall–Kier alpha value is 1.72. The molecule has 4 heteroatoms. The number of hydrogen-bond donors (Lipinski definition) is 0. The molecule has 19 valence electrons. The van der Waals surface area contributed by atoms with Crippen LogP contribution in [0, 0.1) is 33.8 Å². The fourth-order valence-electron chi connectivity index (χ4n) is 0. The number of hydrogen-bond acceptors (Lipinski definition) is 2. The summed E-state index contributed by atoms with van der Waals surface area (Å²) in [5, 5.41) is 0. The normalized spacial score (nSPS) is 1.50. The van der Waals surface area contributed by atoms with Crippen LogP contribution in [0.1, 0.15) is 0 Å². The Labute approximate surface area is 63.1 Å². The van der Waals surface area contributed by atoms with Crippen molar-refractivity contribution in [3.05, 3.63) is 0 Å². The molecule has 0 bridgehead atoms. The Kier molecular flexibility index (Phi) is 95.0. The molecule has 2 nitrogen and oxygen atoms in total. The maximum absolute atomic E-state index is 8.42. The Morgan fingerprint density at radius 2 is 1.25 bits per heavy atom. The molecule has 0 rings (SSSR count). The van der Waals surface area contributed by atoms with E-state index in [0.29, 0.717) is 0 Å². The second-order valence-electron chi connectivity index (χ2n) is 0. The number of rotatable bonds is 0. The molecule has 0 heterocycles. The van der Waals surface area contributed by atoms with Crippen molar-refractivity contribution in [2.75, 3.05) is 0 Å². The molecule has 0 unspecified atom stereocenters. The Morgan fingerprint density at radius 3 is 1.25 bits per heavy atom. The van der Waals surface area contributed by atoms with Crippen LogP contribution in [0.25, 0.3) is 0 Å². The van der Waals surface area contributed by atoms with Crippen LogP contribution in [0.2, 0.25) is 0 Å². The molecule has 0 aliphatic rings. The van der Waals surface area contributed by atoms with Crippen LogP contribution in [0.15, 0.2) is 0 Å². The molecular weight excluding hydrogens is 195 g/mol. The molecular formula is H2LaMgO2. The monoisotopic (exact) mass is 197 g/mol. The van der Waals surface area contributed by atoms with Gasteiger partial charge in [0.1, 0.15) is 0 Å². The third-order valence-corrected chi connectivity index (χ3v) is 0.